The Morgan fingerprint density at radius 3 is 1.67 bits per heavy atom. The lowest BCUT2D eigenvalue weighted by Gasteiger charge is -1.95. The van der Waals surface area contributed by atoms with Crippen molar-refractivity contribution in [3.8, 4) is 0 Å². The van der Waals surface area contributed by atoms with E-state index in [4.69, 9.17) is 5.73 Å². The van der Waals surface area contributed by atoms with Crippen LogP contribution in [0.15, 0.2) is 0 Å². The van der Waals surface area contributed by atoms with Crippen LogP contribution in [0.4, 0.5) is 13.2 Å². The molecule has 0 rings (SSSR count). The molecule has 0 aliphatic heterocycles. The SMILES string of the molecule is [N]C(F)(F)CF. The van der Waals surface area contributed by atoms with Crippen molar-refractivity contribution in [1.82, 2.24) is 5.73 Å². The van der Waals surface area contributed by atoms with E-state index in [1.807, 2.05) is 0 Å². The molecule has 0 N–H and O–H groups in total. The van der Waals surface area contributed by atoms with Crippen molar-refractivity contribution in [2.75, 3.05) is 6.67 Å². The van der Waals surface area contributed by atoms with Gasteiger partial charge in [-0.25, -0.2) is 4.39 Å². The highest BCUT2D eigenvalue weighted by molar-refractivity contribution is 4.47. The first-order valence-electron chi connectivity index (χ1n) is 1.22. The first-order valence-corrected chi connectivity index (χ1v) is 1.22. The number of alkyl halides is 3. The minimum Gasteiger partial charge on any atom is -0.243 e. The van der Waals surface area contributed by atoms with Gasteiger partial charge < -0.3 is 0 Å². The van der Waals surface area contributed by atoms with Crippen molar-refractivity contribution < 1.29 is 13.2 Å². The molecular weight excluding hydrogens is 95.0 g/mol. The first-order chi connectivity index (χ1) is 2.56. The summed E-state index contributed by atoms with van der Waals surface area (Å²) in [5, 5.41) is 0. The number of hydrogen-bond donors (Lipinski definition) is 0. The molecule has 0 aromatic carbocycles. The predicted molar refractivity (Wildman–Crippen MR) is 13.1 cm³/mol. The molecule has 0 aromatic heterocycles. The first kappa shape index (κ1) is 5.75. The molecule has 0 aliphatic rings. The summed E-state index contributed by atoms with van der Waals surface area (Å²) in [5.74, 6) is 0. The minimum absolute atomic E-state index is 2.01. The van der Waals surface area contributed by atoms with Crippen LogP contribution in [0.25, 0.3) is 0 Å². The minimum atomic E-state index is -4.12. The fourth-order valence-electron chi connectivity index (χ4n) is 0. The van der Waals surface area contributed by atoms with Gasteiger partial charge in [-0.05, 0) is 0 Å². The van der Waals surface area contributed by atoms with E-state index in [0.29, 0.717) is 0 Å². The molecule has 2 radical (unpaired) electrons. The van der Waals surface area contributed by atoms with E-state index in [-0.39, 0.29) is 0 Å². The second-order valence-electron chi connectivity index (χ2n) is 0.799. The highest BCUT2D eigenvalue weighted by Crippen LogP contribution is 2.04. The number of rotatable bonds is 1. The van der Waals surface area contributed by atoms with Crippen LogP contribution in [0, 0.1) is 0 Å². The fraction of sp³-hybridized carbons (Fsp3) is 1.00. The summed E-state index contributed by atoms with van der Waals surface area (Å²) in [7, 11) is 0. The number of halogens is 3. The largest absolute Gasteiger partial charge is 0.360 e. The van der Waals surface area contributed by atoms with Crippen molar-refractivity contribution in [2.45, 2.75) is 6.05 Å². The Morgan fingerprint density at radius 2 is 1.67 bits per heavy atom. The third-order valence-electron chi connectivity index (χ3n) is 0.161. The summed E-state index contributed by atoms with van der Waals surface area (Å²) < 4.78 is 31.8. The van der Waals surface area contributed by atoms with E-state index in [1.165, 1.54) is 0 Å². The molecule has 0 aliphatic carbocycles. The van der Waals surface area contributed by atoms with E-state index < -0.39 is 12.7 Å². The van der Waals surface area contributed by atoms with Crippen LogP contribution in [-0.2, 0) is 0 Å². The fourth-order valence-corrected chi connectivity index (χ4v) is 0. The topological polar surface area (TPSA) is 22.3 Å². The molecule has 0 spiro atoms. The van der Waals surface area contributed by atoms with Crippen molar-refractivity contribution in [1.29, 1.82) is 0 Å². The lowest BCUT2D eigenvalue weighted by Crippen LogP contribution is -2.18. The summed E-state index contributed by atoms with van der Waals surface area (Å²) >= 11 is 0. The Balaban J connectivity index is 3.17. The maximum atomic E-state index is 10.6. The van der Waals surface area contributed by atoms with Crippen molar-refractivity contribution in [3.05, 3.63) is 0 Å². The van der Waals surface area contributed by atoms with Gasteiger partial charge in [-0.2, -0.15) is 8.78 Å². The number of hydrogen-bond acceptors (Lipinski definition) is 0. The van der Waals surface area contributed by atoms with Crippen molar-refractivity contribution in [2.24, 2.45) is 0 Å². The Labute approximate surface area is 32.9 Å². The molecular formula is C2H2F3N. The van der Waals surface area contributed by atoms with Gasteiger partial charge in [0.1, 0.15) is 0 Å². The van der Waals surface area contributed by atoms with Gasteiger partial charge in [0.05, 0.1) is 0 Å². The van der Waals surface area contributed by atoms with E-state index in [1.54, 1.807) is 0 Å². The molecule has 6 heavy (non-hydrogen) atoms. The average molecular weight is 97.0 g/mol. The molecule has 0 aromatic rings. The Kier molecular flexibility index (Phi) is 1.40. The van der Waals surface area contributed by atoms with Crippen LogP contribution >= 0.6 is 0 Å². The van der Waals surface area contributed by atoms with Crippen LogP contribution in [0.5, 0.6) is 0 Å². The molecule has 0 bridgehead atoms. The third kappa shape index (κ3) is 3.75. The van der Waals surface area contributed by atoms with Gasteiger partial charge in [0.15, 0.2) is 6.67 Å². The van der Waals surface area contributed by atoms with Gasteiger partial charge in [0, 0.05) is 0 Å². The number of nitrogens with zero attached hydrogens (tertiary/aromatic N) is 1. The molecule has 0 unspecified atom stereocenters. The van der Waals surface area contributed by atoms with Crippen molar-refractivity contribution >= 4 is 0 Å². The highest BCUT2D eigenvalue weighted by atomic mass is 19.3. The summed E-state index contributed by atoms with van der Waals surface area (Å²) in [6.07, 6.45) is 0. The quantitative estimate of drug-likeness (QED) is 0.428. The second-order valence-corrected chi connectivity index (χ2v) is 0.799. The standard InChI is InChI=1S/C2H2F3N/c3-1-2(4,5)6/h1H2. The summed E-state index contributed by atoms with van der Waals surface area (Å²) in [6, 6.07) is -4.12. The predicted octanol–water partition coefficient (Wildman–Crippen LogP) is 0.617. The maximum absolute atomic E-state index is 10.6. The molecule has 0 fully saturated rings. The van der Waals surface area contributed by atoms with E-state index in [2.05, 4.69) is 0 Å². The van der Waals surface area contributed by atoms with Crippen LogP contribution in [-0.4, -0.2) is 12.7 Å². The van der Waals surface area contributed by atoms with Crippen LogP contribution in [0.3, 0.4) is 0 Å². The monoisotopic (exact) mass is 97.0 g/mol. The van der Waals surface area contributed by atoms with Crippen LogP contribution in [0.1, 0.15) is 0 Å². The van der Waals surface area contributed by atoms with E-state index >= 15 is 0 Å². The van der Waals surface area contributed by atoms with Gasteiger partial charge >= 0.3 is 6.05 Å². The molecule has 36 valence electrons. The Bertz CT molecular complexity index is 38.5. The zero-order chi connectivity index (χ0) is 5.21. The smallest absolute Gasteiger partial charge is 0.243 e. The van der Waals surface area contributed by atoms with Crippen LogP contribution < -0.4 is 5.73 Å². The molecule has 0 heterocycles. The summed E-state index contributed by atoms with van der Waals surface area (Å²) in [5.41, 5.74) is 7.12. The van der Waals surface area contributed by atoms with Gasteiger partial charge in [-0.15, -0.1) is 0 Å². The van der Waals surface area contributed by atoms with Gasteiger partial charge in [0.2, 0.25) is 0 Å². The zero-order valence-electron chi connectivity index (χ0n) is 2.79. The molecule has 0 saturated carbocycles. The molecule has 0 atom stereocenters. The van der Waals surface area contributed by atoms with E-state index in [9.17, 15) is 13.2 Å². The van der Waals surface area contributed by atoms with Crippen molar-refractivity contribution in [3.63, 3.8) is 0 Å². The molecule has 4 heteroatoms. The highest BCUT2D eigenvalue weighted by Gasteiger charge is 2.23. The van der Waals surface area contributed by atoms with E-state index in [0.717, 1.165) is 0 Å². The maximum Gasteiger partial charge on any atom is 0.360 e. The zero-order valence-corrected chi connectivity index (χ0v) is 2.79. The van der Waals surface area contributed by atoms with Gasteiger partial charge in [-0.1, -0.05) is 5.73 Å². The normalized spacial score (nSPS) is 12.0. The summed E-state index contributed by atoms with van der Waals surface area (Å²) in [6.45, 7) is -2.01. The van der Waals surface area contributed by atoms with Gasteiger partial charge in [-0.3, -0.25) is 0 Å². The van der Waals surface area contributed by atoms with Gasteiger partial charge in [0.25, 0.3) is 0 Å². The molecule has 0 amide bonds. The second kappa shape index (κ2) is 1.47. The lowest BCUT2D eigenvalue weighted by molar-refractivity contribution is -0.0237. The lowest BCUT2D eigenvalue weighted by atomic mass is 10.7. The molecule has 1 nitrogen and oxygen atoms in total. The van der Waals surface area contributed by atoms with Crippen LogP contribution in [0.2, 0.25) is 0 Å². The third-order valence-corrected chi connectivity index (χ3v) is 0.161. The summed E-state index contributed by atoms with van der Waals surface area (Å²) in [4.78, 5) is 0. The molecule has 0 saturated heterocycles. The average Bonchev–Trinajstić information content (AvgIpc) is 1.35. The Hall–Kier alpha value is -0.250. The Morgan fingerprint density at radius 1 is 1.50 bits per heavy atom.